The average Bonchev–Trinajstić information content (AvgIpc) is 3.44. The molecule has 1 aliphatic heterocycles. The smallest absolute Gasteiger partial charge is 0.280 e. The lowest BCUT2D eigenvalue weighted by Gasteiger charge is -2.13. The van der Waals surface area contributed by atoms with Crippen LogP contribution in [0.2, 0.25) is 0 Å². The average molecular weight is 642 g/mol. The van der Waals surface area contributed by atoms with Crippen molar-refractivity contribution in [3.63, 3.8) is 0 Å². The second-order valence-corrected chi connectivity index (χ2v) is 14.2. The Hall–Kier alpha value is -1.48. The van der Waals surface area contributed by atoms with Gasteiger partial charge in [-0.25, -0.2) is 0 Å². The molecule has 1 aliphatic rings. The summed E-state index contributed by atoms with van der Waals surface area (Å²) in [5, 5.41) is 0. The largest absolute Gasteiger partial charge is 0.454 e. The van der Waals surface area contributed by atoms with Crippen LogP contribution in [0.4, 0.5) is 0 Å². The molecule has 0 radical (unpaired) electrons. The van der Waals surface area contributed by atoms with Crippen molar-refractivity contribution >= 4 is 0 Å². The zero-order chi connectivity index (χ0) is 33.2. The molecule has 0 amide bonds. The van der Waals surface area contributed by atoms with Crippen molar-refractivity contribution in [2.75, 3.05) is 20.6 Å². The summed E-state index contributed by atoms with van der Waals surface area (Å²) in [5.41, 5.74) is 0. The maximum Gasteiger partial charge on any atom is 0.280 e. The molecule has 1 rings (SSSR count). The number of rotatable bonds is 33. The van der Waals surface area contributed by atoms with E-state index in [0.29, 0.717) is 0 Å². The van der Waals surface area contributed by atoms with Crippen LogP contribution in [0.25, 0.3) is 0 Å². The van der Waals surface area contributed by atoms with Crippen molar-refractivity contribution < 1.29 is 9.47 Å². The molecule has 0 aromatic heterocycles. The molecule has 0 spiro atoms. The van der Waals surface area contributed by atoms with Gasteiger partial charge in [0.15, 0.2) is 6.10 Å². The third-order valence-electron chi connectivity index (χ3n) is 9.22. The molecule has 1 fully saturated rings. The highest BCUT2D eigenvalue weighted by Gasteiger charge is 2.27. The molecule has 0 aromatic carbocycles. The minimum absolute atomic E-state index is 0.0749. The molecule has 0 saturated carbocycles. The lowest BCUT2D eigenvalue weighted by molar-refractivity contribution is 0.130. The van der Waals surface area contributed by atoms with Gasteiger partial charge in [-0.1, -0.05) is 141 Å². The predicted molar refractivity (Wildman–Crippen MR) is 204 cm³/mol. The lowest BCUT2D eigenvalue weighted by Crippen LogP contribution is -2.19. The topological polar surface area (TPSA) is 21.7 Å². The normalized spacial score (nSPS) is 16.9. The molecule has 1 unspecified atom stereocenters. The minimum atomic E-state index is 0.0749. The molecule has 0 aromatic rings. The Labute approximate surface area is 288 Å². The van der Waals surface area contributed by atoms with Gasteiger partial charge >= 0.3 is 0 Å². The van der Waals surface area contributed by atoms with Crippen LogP contribution in [0, 0.1) is 0 Å². The van der Waals surface area contributed by atoms with Gasteiger partial charge in [-0.2, -0.15) is 0 Å². The second-order valence-electron chi connectivity index (χ2n) is 14.2. The van der Waals surface area contributed by atoms with E-state index < -0.39 is 0 Å². The Bertz CT molecular complexity index is 765. The lowest BCUT2D eigenvalue weighted by atomic mass is 10.1. The zero-order valence-electron chi connectivity index (χ0n) is 31.5. The van der Waals surface area contributed by atoms with Crippen LogP contribution < -0.4 is 0 Å². The molecular weight excluding hydrogens is 562 g/mol. The van der Waals surface area contributed by atoms with E-state index in [0.717, 1.165) is 37.5 Å². The van der Waals surface area contributed by atoms with E-state index in [4.69, 9.17) is 9.47 Å². The third-order valence-corrected chi connectivity index (χ3v) is 9.22. The Morgan fingerprint density at radius 3 is 1.26 bits per heavy atom. The van der Waals surface area contributed by atoms with Crippen molar-refractivity contribution in [2.45, 2.75) is 206 Å². The summed E-state index contributed by atoms with van der Waals surface area (Å²) in [6.45, 7) is 5.59. The van der Waals surface area contributed by atoms with E-state index in [1.165, 1.54) is 167 Å². The summed E-state index contributed by atoms with van der Waals surface area (Å²) >= 11 is 0. The summed E-state index contributed by atoms with van der Waals surface area (Å²) in [6, 6.07) is 0. The first-order valence-electron chi connectivity index (χ1n) is 20.4. The number of nitrogens with zero attached hydrogens (tertiary/aromatic N) is 1. The number of unbranched alkanes of at least 4 members (excludes halogenated alkanes) is 24. The summed E-state index contributed by atoms with van der Waals surface area (Å²) in [5.74, 6) is 1.79. The maximum atomic E-state index is 6.26. The second kappa shape index (κ2) is 33.4. The first-order valence-corrected chi connectivity index (χ1v) is 20.4. The molecule has 3 heteroatoms. The molecule has 0 aliphatic carbocycles. The third kappa shape index (κ3) is 27.6. The Morgan fingerprint density at radius 2 is 0.848 bits per heavy atom. The number of hydrogen-bond donors (Lipinski definition) is 0. The van der Waals surface area contributed by atoms with Gasteiger partial charge in [0, 0.05) is 13.0 Å². The van der Waals surface area contributed by atoms with Crippen LogP contribution in [0.1, 0.15) is 200 Å². The van der Waals surface area contributed by atoms with Crippen molar-refractivity contribution in [2.24, 2.45) is 0 Å². The Kier molecular flexibility index (Phi) is 30.9. The molecule has 0 bridgehead atoms. The molecule has 1 atom stereocenters. The van der Waals surface area contributed by atoms with Gasteiger partial charge in [0.25, 0.3) is 5.95 Å². The van der Waals surface area contributed by atoms with Crippen molar-refractivity contribution in [3.05, 3.63) is 48.2 Å². The van der Waals surface area contributed by atoms with Gasteiger partial charge in [-0.05, 0) is 103 Å². The quantitative estimate of drug-likeness (QED) is 0.0526. The van der Waals surface area contributed by atoms with E-state index >= 15 is 0 Å². The predicted octanol–water partition coefficient (Wildman–Crippen LogP) is 14.2. The monoisotopic (exact) mass is 642 g/mol. The van der Waals surface area contributed by atoms with E-state index in [9.17, 15) is 0 Å². The number of allylic oxidation sites excluding steroid dienone is 6. The van der Waals surface area contributed by atoms with Gasteiger partial charge in [-0.15, -0.1) is 0 Å². The SMILES string of the molecule is CCCCCCCC/C=C\CCCCCCCC=C1OC(=CCCCCCCC/C=C\CCCCCCCC)C(CCN(C)C)O1. The highest BCUT2D eigenvalue weighted by atomic mass is 16.7. The number of ether oxygens (including phenoxy) is 2. The van der Waals surface area contributed by atoms with Crippen LogP contribution in [-0.2, 0) is 9.47 Å². The molecule has 3 nitrogen and oxygen atoms in total. The van der Waals surface area contributed by atoms with Crippen LogP contribution in [0.15, 0.2) is 48.2 Å². The van der Waals surface area contributed by atoms with Crippen LogP contribution in [0.5, 0.6) is 0 Å². The summed E-state index contributed by atoms with van der Waals surface area (Å²) < 4.78 is 12.5. The molecule has 1 heterocycles. The van der Waals surface area contributed by atoms with E-state index in [2.05, 4.69) is 69.3 Å². The summed E-state index contributed by atoms with van der Waals surface area (Å²) in [7, 11) is 4.27. The van der Waals surface area contributed by atoms with Crippen molar-refractivity contribution in [1.82, 2.24) is 4.90 Å². The fourth-order valence-electron chi connectivity index (χ4n) is 6.14. The van der Waals surface area contributed by atoms with E-state index in [1.54, 1.807) is 0 Å². The van der Waals surface area contributed by atoms with Gasteiger partial charge in [0.1, 0.15) is 5.76 Å². The molecule has 1 saturated heterocycles. The molecule has 0 N–H and O–H groups in total. The van der Waals surface area contributed by atoms with Crippen molar-refractivity contribution in [1.29, 1.82) is 0 Å². The Morgan fingerprint density at radius 1 is 0.478 bits per heavy atom. The van der Waals surface area contributed by atoms with Crippen LogP contribution in [-0.4, -0.2) is 31.6 Å². The molecular formula is C43H79NO2. The number of hydrogen-bond acceptors (Lipinski definition) is 3. The maximum absolute atomic E-state index is 6.26. The van der Waals surface area contributed by atoms with Crippen LogP contribution >= 0.6 is 0 Å². The van der Waals surface area contributed by atoms with E-state index in [-0.39, 0.29) is 6.10 Å². The molecule has 46 heavy (non-hydrogen) atoms. The Balaban J connectivity index is 2.12. The minimum Gasteiger partial charge on any atom is -0.454 e. The highest BCUT2D eigenvalue weighted by Crippen LogP contribution is 2.29. The van der Waals surface area contributed by atoms with Gasteiger partial charge in [-0.3, -0.25) is 0 Å². The van der Waals surface area contributed by atoms with E-state index in [1.807, 2.05) is 0 Å². The summed E-state index contributed by atoms with van der Waals surface area (Å²) in [4.78, 5) is 2.23. The highest BCUT2D eigenvalue weighted by molar-refractivity contribution is 5.10. The summed E-state index contributed by atoms with van der Waals surface area (Å²) in [6.07, 6.45) is 52.3. The van der Waals surface area contributed by atoms with Crippen LogP contribution in [0.3, 0.4) is 0 Å². The molecule has 268 valence electrons. The standard InChI is InChI=1S/C43H79NO2/c1-5-7-9-11-13-15-17-19-21-23-25-27-29-31-33-35-37-41-42(39-40-44(3)4)46-43(45-41)38-36-34-32-30-28-26-24-22-20-18-16-14-12-10-8-6-2/h19-22,37-38,42H,5-18,23-36,39-40H2,1-4H3/b21-19-,22-20-,41-37?,43-38?. The first kappa shape index (κ1) is 42.5. The van der Waals surface area contributed by atoms with Crippen molar-refractivity contribution in [3.8, 4) is 0 Å². The fourth-order valence-corrected chi connectivity index (χ4v) is 6.14. The van der Waals surface area contributed by atoms with Gasteiger partial charge in [0.2, 0.25) is 0 Å². The first-order chi connectivity index (χ1) is 22.7. The zero-order valence-corrected chi connectivity index (χ0v) is 31.5. The fraction of sp³-hybridized carbons (Fsp3) is 0.814. The van der Waals surface area contributed by atoms with Gasteiger partial charge < -0.3 is 14.4 Å². The van der Waals surface area contributed by atoms with Gasteiger partial charge in [0.05, 0.1) is 0 Å².